The van der Waals surface area contributed by atoms with Gasteiger partial charge in [-0.15, -0.1) is 0 Å². The molecule has 0 aliphatic carbocycles. The van der Waals surface area contributed by atoms with Crippen LogP contribution in [0.25, 0.3) is 0 Å². The van der Waals surface area contributed by atoms with Gasteiger partial charge in [0.2, 0.25) is 0 Å². The molecule has 0 atom stereocenters. The third-order valence-electron chi connectivity index (χ3n) is 3.57. The lowest BCUT2D eigenvalue weighted by Gasteiger charge is -2.05. The molecule has 0 saturated heterocycles. The molecule has 3 aromatic rings. The Morgan fingerprint density at radius 1 is 1.27 bits per heavy atom. The summed E-state index contributed by atoms with van der Waals surface area (Å²) >= 11 is 1.41. The lowest BCUT2D eigenvalue weighted by molar-refractivity contribution is 0.0948. The summed E-state index contributed by atoms with van der Waals surface area (Å²) in [6, 6.07) is 9.32. The zero-order valence-corrected chi connectivity index (χ0v) is 14.8. The van der Waals surface area contributed by atoms with Crippen molar-refractivity contribution < 1.29 is 18.7 Å². The van der Waals surface area contributed by atoms with Crippen LogP contribution in [0, 0.1) is 0 Å². The number of nitrogens with zero attached hydrogens (tertiary/aromatic N) is 1. The summed E-state index contributed by atoms with van der Waals surface area (Å²) in [4.78, 5) is 28.0. The van der Waals surface area contributed by atoms with Gasteiger partial charge in [-0.1, -0.05) is 12.1 Å². The fourth-order valence-electron chi connectivity index (χ4n) is 2.24. The first-order valence-electron chi connectivity index (χ1n) is 7.86. The molecule has 2 aromatic heterocycles. The molecule has 2 heterocycles. The second-order valence-electron chi connectivity index (χ2n) is 5.36. The van der Waals surface area contributed by atoms with E-state index in [1.807, 2.05) is 24.3 Å². The van der Waals surface area contributed by atoms with Crippen molar-refractivity contribution in [3.05, 3.63) is 64.2 Å². The van der Waals surface area contributed by atoms with Gasteiger partial charge in [-0.3, -0.25) is 14.9 Å². The zero-order chi connectivity index (χ0) is 18.4. The Hall–Kier alpha value is -3.13. The van der Waals surface area contributed by atoms with Crippen molar-refractivity contribution in [1.29, 1.82) is 0 Å². The molecule has 2 amide bonds. The van der Waals surface area contributed by atoms with Gasteiger partial charge in [-0.25, -0.2) is 0 Å². The number of benzene rings is 1. The molecule has 0 saturated carbocycles. The number of aromatic nitrogens is 1. The second kappa shape index (κ2) is 8.30. The summed E-state index contributed by atoms with van der Waals surface area (Å²) in [5.41, 5.74) is 1.67. The Morgan fingerprint density at radius 2 is 2.15 bits per heavy atom. The normalized spacial score (nSPS) is 10.3. The van der Waals surface area contributed by atoms with Crippen molar-refractivity contribution in [2.45, 2.75) is 6.42 Å². The van der Waals surface area contributed by atoms with E-state index in [-0.39, 0.29) is 23.5 Å². The third-order valence-corrected chi connectivity index (χ3v) is 4.26. The van der Waals surface area contributed by atoms with E-state index in [2.05, 4.69) is 15.6 Å². The number of carbonyl (C=O) groups excluding carboxylic acids is 2. The van der Waals surface area contributed by atoms with Crippen LogP contribution in [0.3, 0.4) is 0 Å². The van der Waals surface area contributed by atoms with Gasteiger partial charge in [0.25, 0.3) is 11.8 Å². The molecule has 0 spiro atoms. The van der Waals surface area contributed by atoms with Crippen LogP contribution < -0.4 is 15.4 Å². The van der Waals surface area contributed by atoms with Crippen molar-refractivity contribution in [2.24, 2.45) is 0 Å². The fraction of sp³-hybridized carbons (Fsp3) is 0.167. The number of ether oxygens (including phenoxy) is 1. The molecule has 0 unspecified atom stereocenters. The summed E-state index contributed by atoms with van der Waals surface area (Å²) in [5, 5.41) is 8.79. The highest BCUT2D eigenvalue weighted by atomic mass is 32.1. The number of amides is 2. The van der Waals surface area contributed by atoms with Crippen LogP contribution in [-0.2, 0) is 6.42 Å². The van der Waals surface area contributed by atoms with Crippen LogP contribution in [0.4, 0.5) is 6.01 Å². The van der Waals surface area contributed by atoms with Crippen LogP contribution >= 0.6 is 11.3 Å². The molecule has 8 heteroatoms. The van der Waals surface area contributed by atoms with E-state index in [0.29, 0.717) is 18.5 Å². The molecular formula is C18H17N3O4S. The first-order valence-corrected chi connectivity index (χ1v) is 8.80. The lowest BCUT2D eigenvalue weighted by atomic mass is 10.1. The predicted octanol–water partition coefficient (Wildman–Crippen LogP) is 2.97. The second-order valence-corrected chi connectivity index (χ2v) is 6.14. The molecule has 0 fully saturated rings. The largest absolute Gasteiger partial charge is 0.497 e. The van der Waals surface area contributed by atoms with Gasteiger partial charge in [0.05, 0.1) is 12.7 Å². The molecule has 134 valence electrons. The monoisotopic (exact) mass is 371 g/mol. The first kappa shape index (κ1) is 17.7. The van der Waals surface area contributed by atoms with Crippen molar-refractivity contribution >= 4 is 29.2 Å². The van der Waals surface area contributed by atoms with Crippen LogP contribution in [0.5, 0.6) is 5.75 Å². The van der Waals surface area contributed by atoms with Crippen molar-refractivity contribution in [3.8, 4) is 5.75 Å². The number of thiophene rings is 1. The topological polar surface area (TPSA) is 93.5 Å². The molecule has 0 aliphatic rings. The number of carbonyl (C=O) groups is 2. The quantitative estimate of drug-likeness (QED) is 0.666. The molecule has 0 bridgehead atoms. The standard InChI is InChI=1S/C18H17N3O4S/c1-24-14-4-2-3-12(9-14)5-7-19-17(23)15-10-25-18(20-15)21-16(22)13-6-8-26-11-13/h2-4,6,8-11H,5,7H2,1H3,(H,19,23)(H,20,21,22). The molecule has 26 heavy (non-hydrogen) atoms. The Labute approximate surface area is 154 Å². The van der Waals surface area contributed by atoms with Crippen LogP contribution in [0.15, 0.2) is 51.8 Å². The Kier molecular flexibility index (Phi) is 5.65. The minimum Gasteiger partial charge on any atom is -0.497 e. The minimum atomic E-state index is -0.368. The lowest BCUT2D eigenvalue weighted by Crippen LogP contribution is -2.26. The van der Waals surface area contributed by atoms with Gasteiger partial charge in [0, 0.05) is 11.9 Å². The molecule has 3 rings (SSSR count). The molecule has 7 nitrogen and oxygen atoms in total. The summed E-state index contributed by atoms with van der Waals surface area (Å²) in [6.07, 6.45) is 1.87. The summed E-state index contributed by atoms with van der Waals surface area (Å²) < 4.78 is 10.3. The van der Waals surface area contributed by atoms with Gasteiger partial charge in [-0.2, -0.15) is 16.3 Å². The molecule has 2 N–H and O–H groups in total. The third kappa shape index (κ3) is 4.48. The minimum absolute atomic E-state index is 0.0147. The summed E-state index contributed by atoms with van der Waals surface area (Å²) in [7, 11) is 1.61. The number of rotatable bonds is 7. The van der Waals surface area contributed by atoms with Gasteiger partial charge >= 0.3 is 6.01 Å². The SMILES string of the molecule is COc1cccc(CCNC(=O)c2coc(NC(=O)c3ccsc3)n2)c1. The van der Waals surface area contributed by atoms with Gasteiger partial charge in [0.1, 0.15) is 12.0 Å². The molecular weight excluding hydrogens is 354 g/mol. The van der Waals surface area contributed by atoms with E-state index in [9.17, 15) is 9.59 Å². The van der Waals surface area contributed by atoms with E-state index >= 15 is 0 Å². The highest BCUT2D eigenvalue weighted by Crippen LogP contribution is 2.13. The predicted molar refractivity (Wildman–Crippen MR) is 97.8 cm³/mol. The number of methoxy groups -OCH3 is 1. The Balaban J connectivity index is 1.50. The highest BCUT2D eigenvalue weighted by Gasteiger charge is 2.14. The van der Waals surface area contributed by atoms with E-state index < -0.39 is 0 Å². The summed E-state index contributed by atoms with van der Waals surface area (Å²) in [6.45, 7) is 0.440. The van der Waals surface area contributed by atoms with Crippen LogP contribution in [0.1, 0.15) is 26.4 Å². The van der Waals surface area contributed by atoms with E-state index in [1.54, 1.807) is 23.9 Å². The van der Waals surface area contributed by atoms with E-state index in [0.717, 1.165) is 11.3 Å². The van der Waals surface area contributed by atoms with Gasteiger partial charge < -0.3 is 14.5 Å². The van der Waals surface area contributed by atoms with Crippen molar-refractivity contribution in [3.63, 3.8) is 0 Å². The highest BCUT2D eigenvalue weighted by molar-refractivity contribution is 7.08. The average molecular weight is 371 g/mol. The Bertz CT molecular complexity index is 889. The molecule has 1 aromatic carbocycles. The first-order chi connectivity index (χ1) is 12.7. The maximum Gasteiger partial charge on any atom is 0.302 e. The number of nitrogens with one attached hydrogen (secondary N) is 2. The number of hydrogen-bond donors (Lipinski definition) is 2. The summed E-state index contributed by atoms with van der Waals surface area (Å²) in [5.74, 6) is 0.0714. The maximum atomic E-state index is 12.1. The average Bonchev–Trinajstić information content (AvgIpc) is 3.34. The fourth-order valence-corrected chi connectivity index (χ4v) is 2.87. The number of oxazole rings is 1. The van der Waals surface area contributed by atoms with Gasteiger partial charge in [0.15, 0.2) is 5.69 Å². The van der Waals surface area contributed by atoms with E-state index in [1.165, 1.54) is 17.6 Å². The van der Waals surface area contributed by atoms with Crippen LogP contribution in [-0.4, -0.2) is 30.5 Å². The van der Waals surface area contributed by atoms with Crippen molar-refractivity contribution in [2.75, 3.05) is 19.0 Å². The van der Waals surface area contributed by atoms with Crippen LogP contribution in [0.2, 0.25) is 0 Å². The molecule has 0 aliphatic heterocycles. The molecule has 0 radical (unpaired) electrons. The zero-order valence-electron chi connectivity index (χ0n) is 14.0. The van der Waals surface area contributed by atoms with Crippen molar-refractivity contribution in [1.82, 2.24) is 10.3 Å². The number of hydrogen-bond acceptors (Lipinski definition) is 6. The Morgan fingerprint density at radius 3 is 2.92 bits per heavy atom. The maximum absolute atomic E-state index is 12.1. The van der Waals surface area contributed by atoms with Gasteiger partial charge in [-0.05, 0) is 35.6 Å². The number of anilines is 1. The smallest absolute Gasteiger partial charge is 0.302 e. The van der Waals surface area contributed by atoms with E-state index in [4.69, 9.17) is 9.15 Å².